The molecular weight excluding hydrogens is 186 g/mol. The summed E-state index contributed by atoms with van der Waals surface area (Å²) in [5.41, 5.74) is 2.55. The summed E-state index contributed by atoms with van der Waals surface area (Å²) in [6.07, 6.45) is 7.01. The van der Waals surface area contributed by atoms with Gasteiger partial charge in [-0.15, -0.1) is 12.4 Å². The van der Waals surface area contributed by atoms with Gasteiger partial charge in [0.2, 0.25) is 0 Å². The monoisotopic (exact) mass is 203 g/mol. The first-order valence-corrected chi connectivity index (χ1v) is 5.26. The van der Waals surface area contributed by atoms with E-state index in [4.69, 9.17) is 5.21 Å². The Bertz CT molecular complexity index is 169. The lowest BCUT2D eigenvalue weighted by Crippen LogP contribution is -2.53. The van der Waals surface area contributed by atoms with Gasteiger partial charge < -0.3 is 5.21 Å². The quantitative estimate of drug-likeness (QED) is 0.641. The van der Waals surface area contributed by atoms with Gasteiger partial charge in [0, 0.05) is 6.04 Å². The molecule has 0 saturated heterocycles. The summed E-state index contributed by atoms with van der Waals surface area (Å²) in [4.78, 5) is 0. The minimum atomic E-state index is 0. The van der Waals surface area contributed by atoms with E-state index in [9.17, 15) is 0 Å². The Kier molecular flexibility index (Phi) is 2.56. The van der Waals surface area contributed by atoms with Gasteiger partial charge in [0.25, 0.3) is 0 Å². The number of hydrogen-bond acceptors (Lipinski definition) is 2. The van der Waals surface area contributed by atoms with Crippen LogP contribution in [0.3, 0.4) is 0 Å². The average Bonchev–Trinajstić information content (AvgIpc) is 2.02. The Morgan fingerprint density at radius 1 is 0.846 bits per heavy atom. The molecule has 0 amide bonds. The summed E-state index contributed by atoms with van der Waals surface area (Å²) < 4.78 is 0. The van der Waals surface area contributed by atoms with E-state index in [0.29, 0.717) is 6.04 Å². The van der Waals surface area contributed by atoms with E-state index < -0.39 is 0 Å². The summed E-state index contributed by atoms with van der Waals surface area (Å²) >= 11 is 0. The smallest absolute Gasteiger partial charge is 0.0376 e. The van der Waals surface area contributed by atoms with Gasteiger partial charge in [-0.3, -0.25) is 0 Å². The maximum absolute atomic E-state index is 9.05. The van der Waals surface area contributed by atoms with Crippen molar-refractivity contribution in [3.63, 3.8) is 0 Å². The molecule has 0 aromatic carbocycles. The van der Waals surface area contributed by atoms with Crippen LogP contribution in [0, 0.1) is 23.7 Å². The second-order valence-corrected chi connectivity index (χ2v) is 5.09. The lowest BCUT2D eigenvalue weighted by atomic mass is 9.54. The highest BCUT2D eigenvalue weighted by Crippen LogP contribution is 2.53. The largest absolute Gasteiger partial charge is 0.317 e. The predicted molar refractivity (Wildman–Crippen MR) is 53.0 cm³/mol. The molecule has 2 nitrogen and oxygen atoms in total. The summed E-state index contributed by atoms with van der Waals surface area (Å²) in [6.45, 7) is 0. The third-order valence-electron chi connectivity index (χ3n) is 4.38. The molecule has 0 aliphatic heterocycles. The number of rotatable bonds is 1. The maximum Gasteiger partial charge on any atom is 0.0376 e. The van der Waals surface area contributed by atoms with Gasteiger partial charge in [-0.1, -0.05) is 0 Å². The zero-order valence-corrected chi connectivity index (χ0v) is 8.59. The molecule has 4 fully saturated rings. The Morgan fingerprint density at radius 2 is 1.31 bits per heavy atom. The van der Waals surface area contributed by atoms with Gasteiger partial charge in [0.1, 0.15) is 0 Å². The van der Waals surface area contributed by atoms with Crippen molar-refractivity contribution in [3.05, 3.63) is 0 Å². The third kappa shape index (κ3) is 1.39. The molecule has 0 aromatic heterocycles. The van der Waals surface area contributed by atoms with Gasteiger partial charge in [-0.2, -0.15) is 0 Å². The van der Waals surface area contributed by atoms with Crippen LogP contribution >= 0.6 is 12.4 Å². The fourth-order valence-corrected chi connectivity index (χ4v) is 4.14. The molecule has 4 aliphatic rings. The van der Waals surface area contributed by atoms with Crippen LogP contribution in [0.1, 0.15) is 32.1 Å². The Balaban J connectivity index is 0.000000653. The zero-order chi connectivity index (χ0) is 8.13. The van der Waals surface area contributed by atoms with Crippen LogP contribution in [0.4, 0.5) is 0 Å². The standard InChI is InChI=1S/C10H17NO.ClH/c12-11-10-8-2-6-1-7(4-8)5-9(10)3-6;/h6-12H,1-5H2;1H. The highest BCUT2D eigenvalue weighted by molar-refractivity contribution is 5.85. The van der Waals surface area contributed by atoms with E-state index in [-0.39, 0.29) is 12.4 Å². The van der Waals surface area contributed by atoms with Crippen molar-refractivity contribution in [3.8, 4) is 0 Å². The summed E-state index contributed by atoms with van der Waals surface area (Å²) in [6, 6.07) is 0.442. The summed E-state index contributed by atoms with van der Waals surface area (Å²) in [7, 11) is 0. The summed E-state index contributed by atoms with van der Waals surface area (Å²) in [5.74, 6) is 3.62. The van der Waals surface area contributed by atoms with Crippen molar-refractivity contribution in [2.45, 2.75) is 38.1 Å². The minimum Gasteiger partial charge on any atom is -0.317 e. The number of hydrogen-bond donors (Lipinski definition) is 2. The van der Waals surface area contributed by atoms with E-state index in [2.05, 4.69) is 5.48 Å². The Labute approximate surface area is 85.5 Å². The lowest BCUT2D eigenvalue weighted by molar-refractivity contribution is -0.0591. The number of nitrogens with one attached hydrogen (secondary N) is 1. The summed E-state index contributed by atoms with van der Waals surface area (Å²) in [5, 5.41) is 9.05. The van der Waals surface area contributed by atoms with Gasteiger partial charge >= 0.3 is 0 Å². The molecule has 0 radical (unpaired) electrons. The van der Waals surface area contributed by atoms with Crippen LogP contribution in [0.15, 0.2) is 0 Å². The molecule has 2 N–H and O–H groups in total. The van der Waals surface area contributed by atoms with Gasteiger partial charge in [-0.05, 0) is 55.8 Å². The van der Waals surface area contributed by atoms with E-state index in [1.54, 1.807) is 0 Å². The molecule has 76 valence electrons. The van der Waals surface area contributed by atoms with Gasteiger partial charge in [0.15, 0.2) is 0 Å². The molecule has 4 bridgehead atoms. The maximum atomic E-state index is 9.05. The predicted octanol–water partition coefficient (Wildman–Crippen LogP) is 2.21. The van der Waals surface area contributed by atoms with Gasteiger partial charge in [-0.25, -0.2) is 5.48 Å². The first-order chi connectivity index (χ1) is 5.86. The van der Waals surface area contributed by atoms with Crippen LogP contribution < -0.4 is 5.48 Å². The van der Waals surface area contributed by atoms with E-state index in [0.717, 1.165) is 23.7 Å². The zero-order valence-electron chi connectivity index (χ0n) is 7.78. The van der Waals surface area contributed by atoms with Gasteiger partial charge in [0.05, 0.1) is 0 Å². The number of halogens is 1. The molecule has 4 saturated carbocycles. The van der Waals surface area contributed by atoms with Crippen LogP contribution in [-0.4, -0.2) is 11.2 Å². The van der Waals surface area contributed by atoms with Crippen molar-refractivity contribution < 1.29 is 5.21 Å². The lowest BCUT2D eigenvalue weighted by Gasteiger charge is -2.53. The van der Waals surface area contributed by atoms with Crippen LogP contribution in [0.2, 0.25) is 0 Å². The van der Waals surface area contributed by atoms with Crippen LogP contribution in [0.5, 0.6) is 0 Å². The van der Waals surface area contributed by atoms with Crippen molar-refractivity contribution in [2.24, 2.45) is 23.7 Å². The molecule has 0 spiro atoms. The van der Waals surface area contributed by atoms with Crippen LogP contribution in [0.25, 0.3) is 0 Å². The Morgan fingerprint density at radius 3 is 1.69 bits per heavy atom. The fraction of sp³-hybridized carbons (Fsp3) is 1.00. The first-order valence-electron chi connectivity index (χ1n) is 5.26. The molecule has 0 heterocycles. The van der Waals surface area contributed by atoms with E-state index in [1.807, 2.05) is 0 Å². The molecular formula is C10H18ClNO. The molecule has 0 atom stereocenters. The minimum absolute atomic E-state index is 0. The highest BCUT2D eigenvalue weighted by atomic mass is 35.5. The van der Waals surface area contributed by atoms with E-state index >= 15 is 0 Å². The average molecular weight is 204 g/mol. The molecule has 0 aromatic rings. The van der Waals surface area contributed by atoms with Crippen molar-refractivity contribution in [2.75, 3.05) is 0 Å². The van der Waals surface area contributed by atoms with Crippen LogP contribution in [-0.2, 0) is 0 Å². The topological polar surface area (TPSA) is 32.3 Å². The first kappa shape index (κ1) is 9.75. The molecule has 3 heteroatoms. The second-order valence-electron chi connectivity index (χ2n) is 5.09. The third-order valence-corrected chi connectivity index (χ3v) is 4.38. The number of hydroxylamine groups is 1. The highest BCUT2D eigenvalue weighted by Gasteiger charge is 2.47. The fourth-order valence-electron chi connectivity index (χ4n) is 4.14. The van der Waals surface area contributed by atoms with Crippen molar-refractivity contribution in [1.29, 1.82) is 0 Å². The normalized spacial score (nSPS) is 51.9. The molecule has 4 aliphatic carbocycles. The van der Waals surface area contributed by atoms with Crippen molar-refractivity contribution >= 4 is 12.4 Å². The molecule has 0 unspecified atom stereocenters. The molecule has 4 rings (SSSR count). The Hall–Kier alpha value is 0.210. The van der Waals surface area contributed by atoms with E-state index in [1.165, 1.54) is 32.1 Å². The molecule has 13 heavy (non-hydrogen) atoms. The SMILES string of the molecule is Cl.ONC1C2CC3CC(C2)CC1C3. The second kappa shape index (κ2) is 3.41. The van der Waals surface area contributed by atoms with Crippen molar-refractivity contribution in [1.82, 2.24) is 5.48 Å².